The van der Waals surface area contributed by atoms with Gasteiger partial charge in [-0.05, 0) is 51.2 Å². The van der Waals surface area contributed by atoms with Crippen LogP contribution in [0.25, 0.3) is 0 Å². The molecule has 1 unspecified atom stereocenters. The van der Waals surface area contributed by atoms with Crippen LogP contribution in [0.3, 0.4) is 0 Å². The molecule has 0 aromatic rings. The molecule has 1 fully saturated rings. The smallest absolute Gasteiger partial charge is 0.00174 e. The maximum Gasteiger partial charge on any atom is -0.00174 e. The summed E-state index contributed by atoms with van der Waals surface area (Å²) in [6.45, 7) is 7.14. The first kappa shape index (κ1) is 9.75. The van der Waals surface area contributed by atoms with E-state index in [1.807, 2.05) is 0 Å². The van der Waals surface area contributed by atoms with E-state index in [0.717, 1.165) is 18.9 Å². The molecule has 0 radical (unpaired) electrons. The van der Waals surface area contributed by atoms with Crippen molar-refractivity contribution >= 4 is 0 Å². The fraction of sp³-hybridized carbons (Fsp3) is 0.800. The van der Waals surface area contributed by atoms with Crippen molar-refractivity contribution < 1.29 is 0 Å². The molecule has 1 saturated heterocycles. The molecular formula is C10H20N2. The molecule has 0 saturated carbocycles. The normalized spacial score (nSPS) is 23.9. The number of hydrogen-bond acceptors (Lipinski definition) is 2. The van der Waals surface area contributed by atoms with Gasteiger partial charge in [-0.2, -0.15) is 0 Å². The third-order valence-corrected chi connectivity index (χ3v) is 2.47. The van der Waals surface area contributed by atoms with Crippen molar-refractivity contribution in [2.45, 2.75) is 25.7 Å². The van der Waals surface area contributed by atoms with Gasteiger partial charge >= 0.3 is 0 Å². The Hall–Kier alpha value is -0.340. The van der Waals surface area contributed by atoms with Crippen LogP contribution >= 0.6 is 0 Å². The van der Waals surface area contributed by atoms with Gasteiger partial charge in [-0.25, -0.2) is 0 Å². The highest BCUT2D eigenvalue weighted by Crippen LogP contribution is 2.19. The number of rotatable bonds is 4. The molecule has 1 aliphatic rings. The third-order valence-electron chi connectivity index (χ3n) is 2.47. The van der Waals surface area contributed by atoms with Crippen LogP contribution in [0, 0.1) is 5.92 Å². The minimum atomic E-state index is 0.749. The molecule has 0 bridgehead atoms. The second-order valence-electron chi connectivity index (χ2n) is 3.71. The third kappa shape index (κ3) is 3.37. The summed E-state index contributed by atoms with van der Waals surface area (Å²) in [6, 6.07) is 0. The van der Waals surface area contributed by atoms with E-state index in [0.29, 0.717) is 0 Å². The van der Waals surface area contributed by atoms with E-state index in [9.17, 15) is 0 Å². The van der Waals surface area contributed by atoms with Crippen LogP contribution in [0.15, 0.2) is 12.2 Å². The molecule has 70 valence electrons. The molecule has 1 aliphatic heterocycles. The van der Waals surface area contributed by atoms with Gasteiger partial charge in [0.05, 0.1) is 0 Å². The van der Waals surface area contributed by atoms with E-state index in [-0.39, 0.29) is 0 Å². The highest BCUT2D eigenvalue weighted by Gasteiger charge is 2.13. The van der Waals surface area contributed by atoms with Gasteiger partial charge in [-0.1, -0.05) is 12.2 Å². The van der Waals surface area contributed by atoms with Crippen molar-refractivity contribution in [3.8, 4) is 0 Å². The summed E-state index contributed by atoms with van der Waals surface area (Å²) in [6.07, 6.45) is 4.85. The van der Waals surface area contributed by atoms with Crippen LogP contribution in [-0.2, 0) is 0 Å². The zero-order valence-electron chi connectivity index (χ0n) is 7.81. The van der Waals surface area contributed by atoms with Crippen molar-refractivity contribution in [1.82, 2.24) is 5.32 Å². The van der Waals surface area contributed by atoms with Crippen molar-refractivity contribution in [2.24, 2.45) is 11.7 Å². The zero-order chi connectivity index (χ0) is 8.81. The highest BCUT2D eigenvalue weighted by atomic mass is 14.9. The Balaban J connectivity index is 2.15. The molecule has 0 aromatic carbocycles. The van der Waals surface area contributed by atoms with Gasteiger partial charge in [-0.3, -0.25) is 0 Å². The number of nitrogens with one attached hydrogen (secondary N) is 1. The summed E-state index contributed by atoms with van der Waals surface area (Å²) >= 11 is 0. The quantitative estimate of drug-likeness (QED) is 0.621. The minimum Gasteiger partial charge on any atom is -0.330 e. The maximum absolute atomic E-state index is 5.46. The van der Waals surface area contributed by atoms with E-state index in [4.69, 9.17) is 5.73 Å². The number of hydrogen-bond donors (Lipinski definition) is 2. The first-order valence-electron chi connectivity index (χ1n) is 4.90. The SMILES string of the molecule is C=C(CCN)CC1CCCNC1. The van der Waals surface area contributed by atoms with Crippen LogP contribution in [0.1, 0.15) is 25.7 Å². The summed E-state index contributed by atoms with van der Waals surface area (Å²) in [4.78, 5) is 0. The summed E-state index contributed by atoms with van der Waals surface area (Å²) in [5.74, 6) is 0.817. The van der Waals surface area contributed by atoms with Gasteiger partial charge in [0.2, 0.25) is 0 Å². The Morgan fingerprint density at radius 3 is 3.00 bits per heavy atom. The Morgan fingerprint density at radius 2 is 2.42 bits per heavy atom. The van der Waals surface area contributed by atoms with Crippen LogP contribution in [0.4, 0.5) is 0 Å². The first-order valence-corrected chi connectivity index (χ1v) is 4.90. The molecule has 0 aliphatic carbocycles. The minimum absolute atomic E-state index is 0.749. The van der Waals surface area contributed by atoms with Crippen LogP contribution in [0.2, 0.25) is 0 Å². The van der Waals surface area contributed by atoms with Crippen molar-refractivity contribution in [3.63, 3.8) is 0 Å². The molecule has 12 heavy (non-hydrogen) atoms. The predicted octanol–water partition coefficient (Wildman–Crippen LogP) is 1.28. The van der Waals surface area contributed by atoms with Crippen molar-refractivity contribution in [3.05, 3.63) is 12.2 Å². The number of nitrogens with two attached hydrogens (primary N) is 1. The molecule has 0 amide bonds. The second-order valence-corrected chi connectivity index (χ2v) is 3.71. The van der Waals surface area contributed by atoms with E-state index >= 15 is 0 Å². The molecule has 0 aromatic heterocycles. The molecule has 3 N–H and O–H groups in total. The Bertz CT molecular complexity index is 137. The topological polar surface area (TPSA) is 38.0 Å². The molecule has 2 heteroatoms. The zero-order valence-corrected chi connectivity index (χ0v) is 7.81. The van der Waals surface area contributed by atoms with Gasteiger partial charge < -0.3 is 11.1 Å². The number of piperidine rings is 1. The van der Waals surface area contributed by atoms with E-state index in [1.165, 1.54) is 37.9 Å². The van der Waals surface area contributed by atoms with Gasteiger partial charge in [0.1, 0.15) is 0 Å². The van der Waals surface area contributed by atoms with Gasteiger partial charge in [0, 0.05) is 0 Å². The lowest BCUT2D eigenvalue weighted by molar-refractivity contribution is 0.373. The lowest BCUT2D eigenvalue weighted by Crippen LogP contribution is -2.29. The molecule has 1 rings (SSSR count). The maximum atomic E-state index is 5.46. The fourth-order valence-electron chi connectivity index (χ4n) is 1.81. The second kappa shape index (κ2) is 5.33. The standard InChI is InChI=1S/C10H20N2/c1-9(4-5-11)7-10-3-2-6-12-8-10/h10,12H,1-8,11H2. The monoisotopic (exact) mass is 168 g/mol. The van der Waals surface area contributed by atoms with Crippen molar-refractivity contribution in [1.29, 1.82) is 0 Å². The molecule has 0 spiro atoms. The van der Waals surface area contributed by atoms with Gasteiger partial charge in [0.25, 0.3) is 0 Å². The Morgan fingerprint density at radius 1 is 1.58 bits per heavy atom. The Kier molecular flexibility index (Phi) is 4.33. The van der Waals surface area contributed by atoms with E-state index in [2.05, 4.69) is 11.9 Å². The molecule has 1 atom stereocenters. The largest absolute Gasteiger partial charge is 0.330 e. The summed E-state index contributed by atoms with van der Waals surface area (Å²) in [5.41, 5.74) is 6.78. The summed E-state index contributed by atoms with van der Waals surface area (Å²) in [7, 11) is 0. The average Bonchev–Trinajstić information content (AvgIpc) is 2.06. The Labute approximate surface area is 75.2 Å². The summed E-state index contributed by atoms with van der Waals surface area (Å²) < 4.78 is 0. The molecule has 1 heterocycles. The van der Waals surface area contributed by atoms with Gasteiger partial charge in [0.15, 0.2) is 0 Å². The van der Waals surface area contributed by atoms with Crippen LogP contribution in [0.5, 0.6) is 0 Å². The van der Waals surface area contributed by atoms with E-state index in [1.54, 1.807) is 0 Å². The molecule has 2 nitrogen and oxygen atoms in total. The van der Waals surface area contributed by atoms with E-state index < -0.39 is 0 Å². The lowest BCUT2D eigenvalue weighted by Gasteiger charge is -2.23. The fourth-order valence-corrected chi connectivity index (χ4v) is 1.81. The molecular weight excluding hydrogens is 148 g/mol. The van der Waals surface area contributed by atoms with Crippen LogP contribution in [-0.4, -0.2) is 19.6 Å². The summed E-state index contributed by atoms with van der Waals surface area (Å²) in [5, 5.41) is 3.41. The highest BCUT2D eigenvalue weighted by molar-refractivity contribution is 4.96. The predicted molar refractivity (Wildman–Crippen MR) is 53.0 cm³/mol. The van der Waals surface area contributed by atoms with Crippen molar-refractivity contribution in [2.75, 3.05) is 19.6 Å². The first-order chi connectivity index (χ1) is 5.83. The lowest BCUT2D eigenvalue weighted by atomic mass is 9.92. The van der Waals surface area contributed by atoms with Crippen LogP contribution < -0.4 is 11.1 Å². The average molecular weight is 168 g/mol. The van der Waals surface area contributed by atoms with Gasteiger partial charge in [-0.15, -0.1) is 0 Å².